The van der Waals surface area contributed by atoms with Crippen LogP contribution in [0.3, 0.4) is 0 Å². The molecule has 0 spiro atoms. The number of ether oxygens (including phenoxy) is 1. The number of amides is 2. The van der Waals surface area contributed by atoms with E-state index in [0.717, 1.165) is 55.8 Å². The highest BCUT2D eigenvalue weighted by Gasteiger charge is 2.22. The summed E-state index contributed by atoms with van der Waals surface area (Å²) in [5.74, 6) is 1.29. The summed E-state index contributed by atoms with van der Waals surface area (Å²) < 4.78 is 5.99. The maximum Gasteiger partial charge on any atom is 0.222 e. The Hall–Kier alpha value is -2.90. The van der Waals surface area contributed by atoms with E-state index in [1.807, 2.05) is 59.5 Å². The number of carbonyl (C=O) groups is 2. The lowest BCUT2D eigenvalue weighted by Gasteiger charge is -2.25. The molecule has 3 N–H and O–H groups in total. The number of rotatable bonds is 20. The molecular weight excluding hydrogens is 502 g/mol. The zero-order chi connectivity index (χ0) is 29.2. The van der Waals surface area contributed by atoms with Crippen LogP contribution in [0.4, 0.5) is 0 Å². The van der Waals surface area contributed by atoms with Gasteiger partial charge in [-0.1, -0.05) is 70.2 Å². The quantitative estimate of drug-likeness (QED) is 0.198. The highest BCUT2D eigenvalue weighted by molar-refractivity contribution is 5.79. The molecule has 40 heavy (non-hydrogen) atoms. The summed E-state index contributed by atoms with van der Waals surface area (Å²) in [6, 6.07) is 17.4. The van der Waals surface area contributed by atoms with Crippen LogP contribution in [0.1, 0.15) is 77.3 Å². The second kappa shape index (κ2) is 19.2. The van der Waals surface area contributed by atoms with Gasteiger partial charge in [-0.25, -0.2) is 0 Å². The Labute approximate surface area is 241 Å². The summed E-state index contributed by atoms with van der Waals surface area (Å²) in [5.41, 5.74) is 2.06. The standard InChI is InChI=1S/C33H51N3O4/c1-5-20-36(21-6-2)33(39)17-11-16-32(38)35-30(31(37)24-34-19-18-26(3)4)23-28-14-10-15-29(22-28)40-25-27-12-8-7-9-13-27/h7-10,12-15,22,26,30-31,34,37H,5-6,11,16-21,23-25H2,1-4H3,(H,35,38)/t30-,31+/m0/s1. The third kappa shape index (κ3) is 13.4. The lowest BCUT2D eigenvalue weighted by atomic mass is 10.00. The highest BCUT2D eigenvalue weighted by Crippen LogP contribution is 2.18. The highest BCUT2D eigenvalue weighted by atomic mass is 16.5. The van der Waals surface area contributed by atoms with Gasteiger partial charge in [0, 0.05) is 32.5 Å². The average Bonchev–Trinajstić information content (AvgIpc) is 2.94. The van der Waals surface area contributed by atoms with E-state index in [-0.39, 0.29) is 18.2 Å². The number of aliphatic hydroxyl groups excluding tert-OH is 1. The summed E-state index contributed by atoms with van der Waals surface area (Å²) in [6.07, 6.45) is 3.70. The SMILES string of the molecule is CCCN(CCC)C(=O)CCCC(=O)N[C@@H](Cc1cccc(OCc2ccccc2)c1)[C@H](O)CNCCC(C)C. The lowest BCUT2D eigenvalue weighted by molar-refractivity contribution is -0.131. The lowest BCUT2D eigenvalue weighted by Crippen LogP contribution is -2.48. The molecule has 2 amide bonds. The Morgan fingerprint density at radius 1 is 0.950 bits per heavy atom. The number of nitrogens with zero attached hydrogens (tertiary/aromatic N) is 1. The predicted octanol–water partition coefficient (Wildman–Crippen LogP) is 5.11. The molecule has 2 rings (SSSR count). The molecule has 0 aromatic heterocycles. The van der Waals surface area contributed by atoms with Crippen LogP contribution in [0.5, 0.6) is 5.75 Å². The molecule has 0 heterocycles. The average molecular weight is 554 g/mol. The second-order valence-electron chi connectivity index (χ2n) is 11.0. The third-order valence-corrected chi connectivity index (χ3v) is 6.80. The van der Waals surface area contributed by atoms with Gasteiger partial charge in [0.1, 0.15) is 12.4 Å². The summed E-state index contributed by atoms with van der Waals surface area (Å²) >= 11 is 0. The van der Waals surface area contributed by atoms with Crippen molar-refractivity contribution in [3.63, 3.8) is 0 Å². The molecule has 2 aromatic rings. The molecule has 222 valence electrons. The van der Waals surface area contributed by atoms with E-state index < -0.39 is 12.1 Å². The van der Waals surface area contributed by atoms with Gasteiger partial charge in [0.25, 0.3) is 0 Å². The fourth-order valence-corrected chi connectivity index (χ4v) is 4.56. The first-order chi connectivity index (χ1) is 19.3. The van der Waals surface area contributed by atoms with Crippen molar-refractivity contribution in [3.8, 4) is 5.75 Å². The zero-order valence-corrected chi connectivity index (χ0v) is 25.0. The maximum absolute atomic E-state index is 12.9. The van der Waals surface area contributed by atoms with Gasteiger partial charge in [0.2, 0.25) is 11.8 Å². The number of aliphatic hydroxyl groups is 1. The topological polar surface area (TPSA) is 90.9 Å². The van der Waals surface area contributed by atoms with E-state index in [2.05, 4.69) is 38.3 Å². The number of carbonyl (C=O) groups excluding carboxylic acids is 2. The Morgan fingerprint density at radius 3 is 2.33 bits per heavy atom. The molecule has 7 nitrogen and oxygen atoms in total. The molecule has 0 radical (unpaired) electrons. The third-order valence-electron chi connectivity index (χ3n) is 6.80. The van der Waals surface area contributed by atoms with Crippen molar-refractivity contribution in [2.24, 2.45) is 5.92 Å². The van der Waals surface area contributed by atoms with E-state index in [4.69, 9.17) is 4.74 Å². The summed E-state index contributed by atoms with van der Waals surface area (Å²) in [7, 11) is 0. The summed E-state index contributed by atoms with van der Waals surface area (Å²) in [4.78, 5) is 27.4. The molecule has 2 aromatic carbocycles. The van der Waals surface area contributed by atoms with Gasteiger partial charge >= 0.3 is 0 Å². The van der Waals surface area contributed by atoms with E-state index >= 15 is 0 Å². The Bertz CT molecular complexity index is 977. The van der Waals surface area contributed by atoms with E-state index in [1.54, 1.807) is 0 Å². The van der Waals surface area contributed by atoms with Crippen LogP contribution in [-0.4, -0.2) is 60.1 Å². The Kier molecular flexibility index (Phi) is 16.0. The smallest absolute Gasteiger partial charge is 0.222 e. The summed E-state index contributed by atoms with van der Waals surface area (Å²) in [6.45, 7) is 11.7. The predicted molar refractivity (Wildman–Crippen MR) is 162 cm³/mol. The van der Waals surface area contributed by atoms with Gasteiger partial charge in [-0.05, 0) is 67.8 Å². The van der Waals surface area contributed by atoms with Crippen LogP contribution in [0.2, 0.25) is 0 Å². The largest absolute Gasteiger partial charge is 0.489 e. The monoisotopic (exact) mass is 553 g/mol. The van der Waals surface area contributed by atoms with Crippen LogP contribution in [0.15, 0.2) is 54.6 Å². The molecule has 0 unspecified atom stereocenters. The number of benzene rings is 2. The fourth-order valence-electron chi connectivity index (χ4n) is 4.56. The summed E-state index contributed by atoms with van der Waals surface area (Å²) in [5, 5.41) is 17.4. The van der Waals surface area contributed by atoms with Gasteiger partial charge in [-0.2, -0.15) is 0 Å². The van der Waals surface area contributed by atoms with Crippen LogP contribution in [-0.2, 0) is 22.6 Å². The van der Waals surface area contributed by atoms with Gasteiger partial charge in [0.15, 0.2) is 0 Å². The van der Waals surface area contributed by atoms with Crippen molar-refractivity contribution < 1.29 is 19.4 Å². The molecule has 0 fully saturated rings. The molecule has 0 aliphatic rings. The minimum Gasteiger partial charge on any atom is -0.489 e. The Morgan fingerprint density at radius 2 is 1.65 bits per heavy atom. The molecular formula is C33H51N3O4. The first-order valence-corrected chi connectivity index (χ1v) is 15.0. The molecule has 0 aliphatic carbocycles. The Balaban J connectivity index is 1.98. The molecule has 0 saturated carbocycles. The number of nitrogens with one attached hydrogen (secondary N) is 2. The molecule has 2 atom stereocenters. The van der Waals surface area contributed by atoms with Gasteiger partial charge in [-0.15, -0.1) is 0 Å². The molecule has 0 aliphatic heterocycles. The van der Waals surface area contributed by atoms with Gasteiger partial charge in [-0.3, -0.25) is 9.59 Å². The van der Waals surface area contributed by atoms with Crippen molar-refractivity contribution in [1.29, 1.82) is 0 Å². The van der Waals surface area contributed by atoms with Gasteiger partial charge < -0.3 is 25.4 Å². The number of hydrogen-bond donors (Lipinski definition) is 3. The van der Waals surface area contributed by atoms with Crippen LogP contribution in [0, 0.1) is 5.92 Å². The second-order valence-corrected chi connectivity index (χ2v) is 11.0. The van der Waals surface area contributed by atoms with Crippen molar-refractivity contribution >= 4 is 11.8 Å². The van der Waals surface area contributed by atoms with Crippen molar-refractivity contribution in [2.75, 3.05) is 26.2 Å². The fraction of sp³-hybridized carbons (Fsp3) is 0.576. The first kappa shape index (κ1) is 33.3. The zero-order valence-electron chi connectivity index (χ0n) is 25.0. The van der Waals surface area contributed by atoms with Crippen LogP contribution < -0.4 is 15.4 Å². The number of hydrogen-bond acceptors (Lipinski definition) is 5. The van der Waals surface area contributed by atoms with Gasteiger partial charge in [0.05, 0.1) is 12.1 Å². The van der Waals surface area contributed by atoms with Crippen molar-refractivity contribution in [2.45, 2.75) is 91.4 Å². The van der Waals surface area contributed by atoms with E-state index in [0.29, 0.717) is 38.3 Å². The molecule has 0 saturated heterocycles. The normalized spacial score (nSPS) is 12.7. The van der Waals surface area contributed by atoms with Crippen molar-refractivity contribution in [3.05, 3.63) is 65.7 Å². The maximum atomic E-state index is 12.9. The minimum absolute atomic E-state index is 0.106. The van der Waals surface area contributed by atoms with E-state index in [1.165, 1.54) is 0 Å². The van der Waals surface area contributed by atoms with Crippen molar-refractivity contribution in [1.82, 2.24) is 15.5 Å². The van der Waals surface area contributed by atoms with Crippen LogP contribution >= 0.6 is 0 Å². The first-order valence-electron chi connectivity index (χ1n) is 15.0. The van der Waals surface area contributed by atoms with Crippen LogP contribution in [0.25, 0.3) is 0 Å². The molecule has 0 bridgehead atoms. The molecule has 7 heteroatoms. The van der Waals surface area contributed by atoms with E-state index in [9.17, 15) is 14.7 Å². The minimum atomic E-state index is -0.753.